The minimum atomic E-state index is 0.0497. The molecule has 1 saturated heterocycles. The minimum absolute atomic E-state index is 0.0497. The van der Waals surface area contributed by atoms with Gasteiger partial charge < -0.3 is 19.4 Å². The highest BCUT2D eigenvalue weighted by Crippen LogP contribution is 2.62. The molecule has 3 fully saturated rings. The molecule has 1 aromatic heterocycles. The van der Waals surface area contributed by atoms with E-state index in [1.165, 1.54) is 19.3 Å². The van der Waals surface area contributed by atoms with Crippen molar-refractivity contribution in [3.05, 3.63) is 29.5 Å². The lowest BCUT2D eigenvalue weighted by Gasteiger charge is -2.43. The van der Waals surface area contributed by atoms with Crippen LogP contribution >= 0.6 is 0 Å². The zero-order valence-corrected chi connectivity index (χ0v) is 19.6. The van der Waals surface area contributed by atoms with Gasteiger partial charge in [-0.1, -0.05) is 32.9 Å². The van der Waals surface area contributed by atoms with Crippen LogP contribution in [0.15, 0.2) is 18.2 Å². The first-order valence-corrected chi connectivity index (χ1v) is 11.8. The van der Waals surface area contributed by atoms with Crippen molar-refractivity contribution in [2.75, 3.05) is 13.7 Å². The Morgan fingerprint density at radius 2 is 2.10 bits per heavy atom. The van der Waals surface area contributed by atoms with Crippen molar-refractivity contribution in [3.63, 3.8) is 0 Å². The predicted octanol–water partition coefficient (Wildman–Crippen LogP) is 5.08. The number of fused-ring (bicyclic) bond motifs is 3. The lowest BCUT2D eigenvalue weighted by molar-refractivity contribution is 0.0737. The van der Waals surface area contributed by atoms with Gasteiger partial charge in [-0.05, 0) is 61.8 Å². The number of para-hydroxylation sites is 1. The molecule has 1 aliphatic heterocycles. The van der Waals surface area contributed by atoms with E-state index < -0.39 is 0 Å². The van der Waals surface area contributed by atoms with E-state index in [4.69, 9.17) is 9.47 Å². The van der Waals surface area contributed by atoms with E-state index in [2.05, 4.69) is 43.6 Å². The van der Waals surface area contributed by atoms with Gasteiger partial charge in [-0.25, -0.2) is 0 Å². The summed E-state index contributed by atoms with van der Waals surface area (Å²) in [5, 5.41) is 4.48. The van der Waals surface area contributed by atoms with Crippen molar-refractivity contribution in [2.45, 2.75) is 78.5 Å². The molecule has 31 heavy (non-hydrogen) atoms. The quantitative estimate of drug-likeness (QED) is 0.728. The zero-order chi connectivity index (χ0) is 22.0. The highest BCUT2D eigenvalue weighted by atomic mass is 16.5. The number of carbonyl (C=O) groups excluding carboxylic acids is 1. The van der Waals surface area contributed by atoms with Gasteiger partial charge in [-0.15, -0.1) is 0 Å². The zero-order valence-electron chi connectivity index (χ0n) is 19.6. The van der Waals surface area contributed by atoms with Gasteiger partial charge in [0.2, 0.25) is 0 Å². The first kappa shape index (κ1) is 20.9. The van der Waals surface area contributed by atoms with Crippen molar-refractivity contribution in [1.82, 2.24) is 9.88 Å². The van der Waals surface area contributed by atoms with Crippen LogP contribution in [0.3, 0.4) is 0 Å². The number of hydrogen-bond donors (Lipinski definition) is 1. The van der Waals surface area contributed by atoms with Gasteiger partial charge in [0.05, 0.1) is 24.3 Å². The largest absolute Gasteiger partial charge is 0.495 e. The van der Waals surface area contributed by atoms with Gasteiger partial charge in [-0.2, -0.15) is 0 Å². The van der Waals surface area contributed by atoms with Crippen LogP contribution in [0.4, 0.5) is 0 Å². The van der Waals surface area contributed by atoms with E-state index in [0.29, 0.717) is 5.92 Å². The molecular weight excluding hydrogens is 388 g/mol. The van der Waals surface area contributed by atoms with Crippen LogP contribution in [0.25, 0.3) is 10.9 Å². The number of amides is 1. The Balaban J connectivity index is 1.55. The van der Waals surface area contributed by atoms with Crippen molar-refractivity contribution >= 4 is 16.8 Å². The van der Waals surface area contributed by atoms with Crippen LogP contribution in [0, 0.1) is 23.7 Å². The smallest absolute Gasteiger partial charge is 0.253 e. The third-order valence-electron chi connectivity index (χ3n) is 8.71. The summed E-state index contributed by atoms with van der Waals surface area (Å²) in [6, 6.07) is 6.22. The maximum Gasteiger partial charge on any atom is 0.253 e. The molecule has 1 N–H and O–H groups in total. The fourth-order valence-electron chi connectivity index (χ4n) is 7.04. The number of rotatable bonds is 5. The number of nitrogens with one attached hydrogen (secondary N) is 1. The Labute approximate surface area is 185 Å². The number of benzene rings is 1. The van der Waals surface area contributed by atoms with Gasteiger partial charge in [-0.3, -0.25) is 4.79 Å². The summed E-state index contributed by atoms with van der Waals surface area (Å²) in [4.78, 5) is 13.8. The highest BCUT2D eigenvalue weighted by molar-refractivity contribution is 6.10. The van der Waals surface area contributed by atoms with Crippen molar-refractivity contribution in [2.24, 2.45) is 16.7 Å². The number of nitrogens with zero attached hydrogens (tertiary/aromatic N) is 1. The number of aromatic nitrogens is 1. The fraction of sp³-hybridized carbons (Fsp3) is 0.654. The van der Waals surface area contributed by atoms with Crippen LogP contribution in [-0.4, -0.2) is 36.3 Å². The first-order chi connectivity index (χ1) is 14.8. The van der Waals surface area contributed by atoms with Crippen molar-refractivity contribution in [3.8, 4) is 5.75 Å². The van der Waals surface area contributed by atoms with E-state index in [9.17, 15) is 4.79 Å². The topological polar surface area (TPSA) is 52.5 Å². The molecule has 0 radical (unpaired) electrons. The van der Waals surface area contributed by atoms with Crippen molar-refractivity contribution < 1.29 is 14.3 Å². The SMILES string of the molecule is COc1cccc2c(C(=O)NC3C4(C)CC[C@@H](C4)C3(C)C)c(C)n(CC3CCCO3)c12. The third kappa shape index (κ3) is 3.11. The monoisotopic (exact) mass is 424 g/mol. The highest BCUT2D eigenvalue weighted by Gasteiger charge is 2.59. The first-order valence-electron chi connectivity index (χ1n) is 11.8. The Morgan fingerprint density at radius 3 is 2.74 bits per heavy atom. The summed E-state index contributed by atoms with van der Waals surface area (Å²) < 4.78 is 13.9. The number of ether oxygens (including phenoxy) is 2. The summed E-state index contributed by atoms with van der Waals surface area (Å²) in [6.07, 6.45) is 6.07. The average molecular weight is 425 g/mol. The molecular formula is C26H36N2O3. The Kier molecular flexibility index (Phi) is 4.89. The maximum absolute atomic E-state index is 13.8. The Hall–Kier alpha value is -2.01. The van der Waals surface area contributed by atoms with Crippen LogP contribution in [-0.2, 0) is 11.3 Å². The molecule has 2 heterocycles. The van der Waals surface area contributed by atoms with Gasteiger partial charge in [0.15, 0.2) is 0 Å². The molecule has 2 bridgehead atoms. The molecule has 1 aromatic carbocycles. The second-order valence-electron chi connectivity index (χ2n) is 10.9. The molecule has 4 atom stereocenters. The van der Waals surface area contributed by atoms with Gasteiger partial charge in [0.1, 0.15) is 5.75 Å². The lowest BCUT2D eigenvalue weighted by Crippen LogP contribution is -2.52. The van der Waals surface area contributed by atoms with Crippen LogP contribution in [0.2, 0.25) is 0 Å². The molecule has 1 amide bonds. The van der Waals surface area contributed by atoms with Gasteiger partial charge in [0.25, 0.3) is 5.91 Å². The second kappa shape index (κ2) is 7.26. The maximum atomic E-state index is 13.8. The summed E-state index contributed by atoms with van der Waals surface area (Å²) in [6.45, 7) is 10.7. The van der Waals surface area contributed by atoms with Crippen LogP contribution in [0.5, 0.6) is 5.75 Å². The molecule has 2 saturated carbocycles. The van der Waals surface area contributed by atoms with E-state index >= 15 is 0 Å². The molecule has 5 heteroatoms. The molecule has 2 aromatic rings. The summed E-state index contributed by atoms with van der Waals surface area (Å²) in [5.74, 6) is 1.56. The molecule has 168 valence electrons. The van der Waals surface area contributed by atoms with Gasteiger partial charge in [0, 0.05) is 30.3 Å². The third-order valence-corrected chi connectivity index (χ3v) is 8.71. The van der Waals surface area contributed by atoms with Crippen LogP contribution in [0.1, 0.15) is 68.9 Å². The molecule has 5 rings (SSSR count). The lowest BCUT2D eigenvalue weighted by atomic mass is 9.68. The van der Waals surface area contributed by atoms with Crippen LogP contribution < -0.4 is 10.1 Å². The van der Waals surface area contributed by atoms with E-state index in [1.807, 2.05) is 12.1 Å². The number of methoxy groups -OCH3 is 1. The number of carbonyl (C=O) groups is 1. The minimum Gasteiger partial charge on any atom is -0.495 e. The number of hydrogen-bond acceptors (Lipinski definition) is 3. The van der Waals surface area contributed by atoms with Gasteiger partial charge >= 0.3 is 0 Å². The normalized spacial score (nSPS) is 31.5. The molecule has 2 aliphatic carbocycles. The second-order valence-corrected chi connectivity index (χ2v) is 10.9. The standard InChI is InChI=1S/C26H36N2O3/c1-16-21(23(29)27-24-25(2,3)17-11-12-26(24,4)14-17)19-9-6-10-20(30-5)22(19)28(16)15-18-8-7-13-31-18/h6,9-10,17-18,24H,7-8,11-15H2,1-5H3,(H,27,29)/t17-,18?,24?,26?/m0/s1. The Morgan fingerprint density at radius 1 is 1.29 bits per heavy atom. The molecule has 3 unspecified atom stereocenters. The fourth-order valence-corrected chi connectivity index (χ4v) is 7.04. The van der Waals surface area contributed by atoms with Crippen molar-refractivity contribution in [1.29, 1.82) is 0 Å². The predicted molar refractivity (Wildman–Crippen MR) is 123 cm³/mol. The summed E-state index contributed by atoms with van der Waals surface area (Å²) >= 11 is 0. The van der Waals surface area contributed by atoms with E-state index in [1.54, 1.807) is 7.11 Å². The molecule has 0 spiro atoms. The van der Waals surface area contributed by atoms with E-state index in [0.717, 1.165) is 53.9 Å². The summed E-state index contributed by atoms with van der Waals surface area (Å²) in [7, 11) is 1.70. The molecule has 5 nitrogen and oxygen atoms in total. The molecule has 3 aliphatic rings. The summed E-state index contributed by atoms with van der Waals surface area (Å²) in [5.41, 5.74) is 3.12. The Bertz CT molecular complexity index is 1010. The average Bonchev–Trinajstić information content (AvgIpc) is 3.48. The van der Waals surface area contributed by atoms with E-state index in [-0.39, 0.29) is 28.9 Å².